The molecule has 0 N–H and O–H groups in total. The van der Waals surface area contributed by atoms with E-state index < -0.39 is 0 Å². The zero-order valence-electron chi connectivity index (χ0n) is 9.99. The molecule has 0 aromatic rings. The lowest BCUT2D eigenvalue weighted by Crippen LogP contribution is -2.08. The summed E-state index contributed by atoms with van der Waals surface area (Å²) in [6.07, 6.45) is 9.03. The molecule has 0 aromatic heterocycles. The van der Waals surface area contributed by atoms with Crippen molar-refractivity contribution in [3.8, 4) is 0 Å². The molecule has 0 amide bonds. The SMILES string of the molecule is C/C1=C/C/C=C\N=C(OCCC(C)C)C1. The number of rotatable bonds is 3. The van der Waals surface area contributed by atoms with Gasteiger partial charge in [0.25, 0.3) is 0 Å². The monoisotopic (exact) mass is 207 g/mol. The molecule has 1 heterocycles. The van der Waals surface area contributed by atoms with Gasteiger partial charge in [0.15, 0.2) is 5.90 Å². The van der Waals surface area contributed by atoms with Crippen molar-refractivity contribution in [3.63, 3.8) is 0 Å². The van der Waals surface area contributed by atoms with Gasteiger partial charge in [-0.15, -0.1) is 0 Å². The summed E-state index contributed by atoms with van der Waals surface area (Å²) >= 11 is 0. The fraction of sp³-hybridized carbons (Fsp3) is 0.615. The zero-order valence-corrected chi connectivity index (χ0v) is 9.99. The predicted molar refractivity (Wildman–Crippen MR) is 65.0 cm³/mol. The molecule has 0 aromatic carbocycles. The Labute approximate surface area is 92.7 Å². The van der Waals surface area contributed by atoms with E-state index in [1.165, 1.54) is 5.57 Å². The van der Waals surface area contributed by atoms with Gasteiger partial charge in [-0.1, -0.05) is 31.6 Å². The predicted octanol–water partition coefficient (Wildman–Crippen LogP) is 3.70. The highest BCUT2D eigenvalue weighted by Gasteiger charge is 2.03. The molecule has 0 spiro atoms. The fourth-order valence-corrected chi connectivity index (χ4v) is 1.32. The van der Waals surface area contributed by atoms with E-state index in [1.54, 1.807) is 0 Å². The molecule has 0 unspecified atom stereocenters. The highest BCUT2D eigenvalue weighted by molar-refractivity contribution is 5.79. The molecule has 0 bridgehead atoms. The van der Waals surface area contributed by atoms with Crippen LogP contribution >= 0.6 is 0 Å². The Bertz CT molecular complexity index is 274. The number of hydrogen-bond acceptors (Lipinski definition) is 2. The largest absolute Gasteiger partial charge is 0.480 e. The molecule has 84 valence electrons. The van der Waals surface area contributed by atoms with Crippen molar-refractivity contribution in [2.75, 3.05) is 6.61 Å². The fourth-order valence-electron chi connectivity index (χ4n) is 1.32. The average Bonchev–Trinajstić information content (AvgIpc) is 2.12. The van der Waals surface area contributed by atoms with Gasteiger partial charge < -0.3 is 4.74 Å². The molecular weight excluding hydrogens is 186 g/mol. The van der Waals surface area contributed by atoms with E-state index >= 15 is 0 Å². The third-order valence-corrected chi connectivity index (χ3v) is 2.32. The van der Waals surface area contributed by atoms with Crippen LogP contribution < -0.4 is 0 Å². The Hall–Kier alpha value is -1.05. The van der Waals surface area contributed by atoms with Gasteiger partial charge in [0, 0.05) is 12.6 Å². The van der Waals surface area contributed by atoms with Gasteiger partial charge in [0.05, 0.1) is 6.61 Å². The van der Waals surface area contributed by atoms with Crippen LogP contribution in [0.25, 0.3) is 0 Å². The summed E-state index contributed by atoms with van der Waals surface area (Å²) in [5.74, 6) is 1.53. The van der Waals surface area contributed by atoms with Crippen LogP contribution in [0.15, 0.2) is 28.9 Å². The molecule has 0 fully saturated rings. The van der Waals surface area contributed by atoms with E-state index in [2.05, 4.69) is 37.9 Å². The number of aliphatic imine (C=N–C) groups is 1. The molecule has 0 saturated carbocycles. The van der Waals surface area contributed by atoms with Crippen molar-refractivity contribution in [2.45, 2.75) is 40.0 Å². The Morgan fingerprint density at radius 2 is 2.27 bits per heavy atom. The summed E-state index contributed by atoms with van der Waals surface area (Å²) in [4.78, 5) is 4.30. The lowest BCUT2D eigenvalue weighted by Gasteiger charge is -2.11. The molecule has 0 atom stereocenters. The van der Waals surface area contributed by atoms with Crippen LogP contribution in [0.4, 0.5) is 0 Å². The molecular formula is C13H21NO. The maximum Gasteiger partial charge on any atom is 0.191 e. The molecule has 0 radical (unpaired) electrons. The topological polar surface area (TPSA) is 21.6 Å². The molecule has 15 heavy (non-hydrogen) atoms. The minimum atomic E-state index is 0.686. The number of hydrogen-bond donors (Lipinski definition) is 0. The average molecular weight is 207 g/mol. The van der Waals surface area contributed by atoms with E-state index in [9.17, 15) is 0 Å². The quantitative estimate of drug-likeness (QED) is 0.647. The first-order valence-electron chi connectivity index (χ1n) is 5.68. The number of nitrogens with zero attached hydrogens (tertiary/aromatic N) is 1. The van der Waals surface area contributed by atoms with Gasteiger partial charge in [0.1, 0.15) is 0 Å². The summed E-state index contributed by atoms with van der Waals surface area (Å²) in [5.41, 5.74) is 1.34. The van der Waals surface area contributed by atoms with E-state index in [0.29, 0.717) is 5.92 Å². The highest BCUT2D eigenvalue weighted by Crippen LogP contribution is 2.09. The summed E-state index contributed by atoms with van der Waals surface area (Å²) in [5, 5.41) is 0. The minimum absolute atomic E-state index is 0.686. The van der Waals surface area contributed by atoms with Crippen LogP contribution in [0, 0.1) is 5.92 Å². The van der Waals surface area contributed by atoms with Crippen LogP contribution in [0.2, 0.25) is 0 Å². The smallest absolute Gasteiger partial charge is 0.191 e. The Balaban J connectivity index is 2.42. The first-order chi connectivity index (χ1) is 7.18. The van der Waals surface area contributed by atoms with Crippen LogP contribution in [-0.2, 0) is 4.74 Å². The lowest BCUT2D eigenvalue weighted by atomic mass is 10.1. The summed E-state index contributed by atoms with van der Waals surface area (Å²) in [6.45, 7) is 7.31. The number of allylic oxidation sites excluding steroid dienone is 2. The standard InChI is InChI=1S/C13H21NO/c1-11(2)7-9-15-13-10-12(3)6-4-5-8-14-13/h5-6,8,11H,4,7,9-10H2,1-3H3/b8-5-,12-6-,14-13?. The van der Waals surface area contributed by atoms with Crippen molar-refractivity contribution in [3.05, 3.63) is 23.9 Å². The second-order valence-corrected chi connectivity index (χ2v) is 4.40. The highest BCUT2D eigenvalue weighted by atomic mass is 16.5. The van der Waals surface area contributed by atoms with Gasteiger partial charge in [-0.3, -0.25) is 0 Å². The first-order valence-corrected chi connectivity index (χ1v) is 5.68. The molecule has 0 aliphatic carbocycles. The maximum atomic E-state index is 5.66. The molecule has 1 aliphatic heterocycles. The third-order valence-electron chi connectivity index (χ3n) is 2.32. The maximum absolute atomic E-state index is 5.66. The van der Waals surface area contributed by atoms with Crippen LogP contribution in [-0.4, -0.2) is 12.5 Å². The molecule has 0 saturated heterocycles. The summed E-state index contributed by atoms with van der Waals surface area (Å²) < 4.78 is 5.66. The van der Waals surface area contributed by atoms with Crippen molar-refractivity contribution in [1.29, 1.82) is 0 Å². The van der Waals surface area contributed by atoms with Gasteiger partial charge in [-0.2, -0.15) is 0 Å². The second-order valence-electron chi connectivity index (χ2n) is 4.40. The Kier molecular flexibility index (Phi) is 5.16. The van der Waals surface area contributed by atoms with E-state index in [1.807, 2.05) is 6.20 Å². The van der Waals surface area contributed by atoms with Gasteiger partial charge in [0.2, 0.25) is 0 Å². The first kappa shape index (κ1) is 12.0. The molecule has 2 heteroatoms. The summed E-state index contributed by atoms with van der Waals surface area (Å²) in [6, 6.07) is 0. The normalized spacial score (nSPS) is 22.4. The summed E-state index contributed by atoms with van der Waals surface area (Å²) in [7, 11) is 0. The van der Waals surface area contributed by atoms with Crippen molar-refractivity contribution in [2.24, 2.45) is 10.9 Å². The third kappa shape index (κ3) is 5.40. The van der Waals surface area contributed by atoms with E-state index in [0.717, 1.165) is 31.8 Å². The van der Waals surface area contributed by atoms with E-state index in [-0.39, 0.29) is 0 Å². The van der Waals surface area contributed by atoms with Crippen LogP contribution in [0.1, 0.15) is 40.0 Å². The molecule has 1 rings (SSSR count). The Morgan fingerprint density at radius 1 is 1.47 bits per heavy atom. The molecule has 2 nitrogen and oxygen atoms in total. The minimum Gasteiger partial charge on any atom is -0.480 e. The van der Waals surface area contributed by atoms with Gasteiger partial charge in [-0.25, -0.2) is 4.99 Å². The van der Waals surface area contributed by atoms with E-state index in [4.69, 9.17) is 4.74 Å². The molecule has 1 aliphatic rings. The van der Waals surface area contributed by atoms with Crippen LogP contribution in [0.3, 0.4) is 0 Å². The van der Waals surface area contributed by atoms with Gasteiger partial charge in [-0.05, 0) is 25.7 Å². The second kappa shape index (κ2) is 6.44. The van der Waals surface area contributed by atoms with Crippen molar-refractivity contribution >= 4 is 5.90 Å². The zero-order chi connectivity index (χ0) is 11.1. The van der Waals surface area contributed by atoms with Crippen molar-refractivity contribution < 1.29 is 4.74 Å². The van der Waals surface area contributed by atoms with Crippen LogP contribution in [0.5, 0.6) is 0 Å². The van der Waals surface area contributed by atoms with Gasteiger partial charge >= 0.3 is 0 Å². The lowest BCUT2D eigenvalue weighted by molar-refractivity contribution is 0.272. The van der Waals surface area contributed by atoms with Crippen molar-refractivity contribution in [1.82, 2.24) is 0 Å². The number of ether oxygens (including phenoxy) is 1. The Morgan fingerprint density at radius 3 is 3.00 bits per heavy atom.